The standard InChI is InChI=1S/C51H99NO4/c1-3-5-7-9-11-13-15-16-17-18-19-20-21-22-23-24-25-26-27-28-29-30-31-32-33-35-36-38-40-42-44-48(54)46-51(56)52-49(47-53)50(55)45-43-41-39-37-34-14-12-10-8-6-4-2/h34,37,43,45,48-50,53-55H,3-33,35-36,38-42,44,46-47H2,1-2H3,(H,52,56)/b37-34+,45-43+. The van der Waals surface area contributed by atoms with Crippen molar-refractivity contribution in [3.05, 3.63) is 24.3 Å². The fourth-order valence-electron chi connectivity index (χ4n) is 7.89. The van der Waals surface area contributed by atoms with Crippen LogP contribution in [-0.4, -0.2) is 46.1 Å². The third-order valence-corrected chi connectivity index (χ3v) is 11.7. The minimum absolute atomic E-state index is 0.00966. The second kappa shape index (κ2) is 46.5. The van der Waals surface area contributed by atoms with Gasteiger partial charge in [-0.1, -0.05) is 256 Å². The van der Waals surface area contributed by atoms with Gasteiger partial charge in [-0.05, 0) is 32.1 Å². The maximum absolute atomic E-state index is 12.4. The van der Waals surface area contributed by atoms with Gasteiger partial charge in [-0.3, -0.25) is 4.79 Å². The lowest BCUT2D eigenvalue weighted by molar-refractivity contribution is -0.124. The molecule has 0 heterocycles. The lowest BCUT2D eigenvalue weighted by Gasteiger charge is -2.21. The molecule has 0 rings (SSSR count). The first kappa shape index (κ1) is 54.8. The van der Waals surface area contributed by atoms with Crippen LogP contribution in [0.15, 0.2) is 24.3 Å². The van der Waals surface area contributed by atoms with E-state index in [0.717, 1.165) is 32.1 Å². The van der Waals surface area contributed by atoms with Crippen molar-refractivity contribution in [1.29, 1.82) is 0 Å². The molecular formula is C51H99NO4. The van der Waals surface area contributed by atoms with Crippen LogP contribution in [0.4, 0.5) is 0 Å². The highest BCUT2D eigenvalue weighted by Gasteiger charge is 2.20. The van der Waals surface area contributed by atoms with E-state index in [2.05, 4.69) is 31.3 Å². The van der Waals surface area contributed by atoms with Gasteiger partial charge in [0, 0.05) is 0 Å². The van der Waals surface area contributed by atoms with E-state index in [4.69, 9.17) is 0 Å². The van der Waals surface area contributed by atoms with Gasteiger partial charge in [0.15, 0.2) is 0 Å². The Kier molecular flexibility index (Phi) is 45.5. The number of carbonyl (C=O) groups excluding carboxylic acids is 1. The third-order valence-electron chi connectivity index (χ3n) is 11.7. The Balaban J connectivity index is 3.48. The molecule has 0 aromatic rings. The summed E-state index contributed by atoms with van der Waals surface area (Å²) in [5, 5.41) is 33.2. The summed E-state index contributed by atoms with van der Waals surface area (Å²) in [5.41, 5.74) is 0. The van der Waals surface area contributed by atoms with Crippen molar-refractivity contribution in [1.82, 2.24) is 5.32 Å². The number of aliphatic hydroxyl groups is 3. The second-order valence-electron chi connectivity index (χ2n) is 17.4. The molecule has 0 bridgehead atoms. The predicted octanol–water partition coefficient (Wildman–Crippen LogP) is 14.9. The van der Waals surface area contributed by atoms with Crippen LogP contribution in [0.25, 0.3) is 0 Å². The van der Waals surface area contributed by atoms with Crippen molar-refractivity contribution in [2.75, 3.05) is 6.61 Å². The zero-order valence-electron chi connectivity index (χ0n) is 37.8. The van der Waals surface area contributed by atoms with Crippen LogP contribution in [0.2, 0.25) is 0 Å². The summed E-state index contributed by atoms with van der Waals surface area (Å²) in [5.74, 6) is -0.323. The molecule has 0 aliphatic carbocycles. The van der Waals surface area contributed by atoms with Crippen LogP contribution in [0.5, 0.6) is 0 Å². The molecule has 0 aromatic carbocycles. The van der Waals surface area contributed by atoms with Gasteiger partial charge in [-0.2, -0.15) is 0 Å². The molecule has 1 amide bonds. The third kappa shape index (κ3) is 42.4. The summed E-state index contributed by atoms with van der Waals surface area (Å²) in [6.45, 7) is 4.19. The summed E-state index contributed by atoms with van der Waals surface area (Å²) in [7, 11) is 0. The maximum atomic E-state index is 12.4. The van der Waals surface area contributed by atoms with Gasteiger partial charge in [-0.25, -0.2) is 0 Å². The van der Waals surface area contributed by atoms with Gasteiger partial charge >= 0.3 is 0 Å². The molecule has 4 N–H and O–H groups in total. The van der Waals surface area contributed by atoms with Crippen molar-refractivity contribution in [3.8, 4) is 0 Å². The van der Waals surface area contributed by atoms with E-state index in [1.807, 2.05) is 6.08 Å². The predicted molar refractivity (Wildman–Crippen MR) is 245 cm³/mol. The molecule has 0 saturated carbocycles. The quantitative estimate of drug-likeness (QED) is 0.0365. The molecule has 332 valence electrons. The highest BCUT2D eigenvalue weighted by atomic mass is 16.3. The van der Waals surface area contributed by atoms with Crippen LogP contribution in [0.1, 0.15) is 271 Å². The normalized spacial score (nSPS) is 13.6. The van der Waals surface area contributed by atoms with Gasteiger partial charge in [0.25, 0.3) is 0 Å². The van der Waals surface area contributed by atoms with Gasteiger partial charge in [0.1, 0.15) is 0 Å². The Morgan fingerprint density at radius 2 is 0.768 bits per heavy atom. The number of rotatable bonds is 46. The van der Waals surface area contributed by atoms with Crippen LogP contribution in [-0.2, 0) is 4.79 Å². The van der Waals surface area contributed by atoms with Crippen molar-refractivity contribution in [2.45, 2.75) is 289 Å². The molecular weight excluding hydrogens is 691 g/mol. The van der Waals surface area contributed by atoms with E-state index in [1.165, 1.54) is 212 Å². The number of carbonyl (C=O) groups is 1. The summed E-state index contributed by atoms with van der Waals surface area (Å²) in [4.78, 5) is 12.4. The topological polar surface area (TPSA) is 89.8 Å². The molecule has 5 nitrogen and oxygen atoms in total. The summed E-state index contributed by atoms with van der Waals surface area (Å²) in [6, 6.07) is -0.757. The Morgan fingerprint density at radius 3 is 1.14 bits per heavy atom. The molecule has 0 aliphatic heterocycles. The largest absolute Gasteiger partial charge is 0.394 e. The highest BCUT2D eigenvalue weighted by molar-refractivity contribution is 5.76. The number of nitrogens with one attached hydrogen (secondary N) is 1. The SMILES string of the molecule is CCCCCCC/C=C/CC/C=C/C(O)C(CO)NC(=O)CC(O)CCCCCCCCCCCCCCCCCCCCCCCCCCCCCCCC. The van der Waals surface area contributed by atoms with Crippen molar-refractivity contribution < 1.29 is 20.1 Å². The monoisotopic (exact) mass is 790 g/mol. The second-order valence-corrected chi connectivity index (χ2v) is 17.4. The van der Waals surface area contributed by atoms with Gasteiger partial charge in [0.05, 0.1) is 31.3 Å². The Hall–Kier alpha value is -1.17. The van der Waals surface area contributed by atoms with Crippen LogP contribution < -0.4 is 5.32 Å². The maximum Gasteiger partial charge on any atom is 0.222 e. The molecule has 0 aliphatic rings. The van der Waals surface area contributed by atoms with Gasteiger partial charge in [-0.15, -0.1) is 0 Å². The average molecular weight is 790 g/mol. The molecule has 0 spiro atoms. The first-order chi connectivity index (χ1) is 27.5. The number of hydrogen-bond donors (Lipinski definition) is 4. The molecule has 0 fully saturated rings. The van der Waals surface area contributed by atoms with E-state index in [-0.39, 0.29) is 18.9 Å². The zero-order chi connectivity index (χ0) is 40.8. The van der Waals surface area contributed by atoms with Crippen LogP contribution >= 0.6 is 0 Å². The van der Waals surface area contributed by atoms with E-state index < -0.39 is 18.2 Å². The number of hydrogen-bond acceptors (Lipinski definition) is 4. The van der Waals surface area contributed by atoms with E-state index in [1.54, 1.807) is 6.08 Å². The molecule has 0 radical (unpaired) electrons. The summed E-state index contributed by atoms with van der Waals surface area (Å²) >= 11 is 0. The molecule has 0 saturated heterocycles. The zero-order valence-corrected chi connectivity index (χ0v) is 37.8. The number of amides is 1. The first-order valence-corrected chi connectivity index (χ1v) is 25.1. The summed E-state index contributed by atoms with van der Waals surface area (Å²) in [6.07, 6.45) is 58.0. The minimum atomic E-state index is -0.947. The highest BCUT2D eigenvalue weighted by Crippen LogP contribution is 2.17. The van der Waals surface area contributed by atoms with E-state index in [0.29, 0.717) is 6.42 Å². The minimum Gasteiger partial charge on any atom is -0.394 e. The molecule has 5 heteroatoms. The Morgan fingerprint density at radius 1 is 0.446 bits per heavy atom. The molecule has 0 aromatic heterocycles. The lowest BCUT2D eigenvalue weighted by Crippen LogP contribution is -2.45. The number of aliphatic hydroxyl groups excluding tert-OH is 3. The van der Waals surface area contributed by atoms with Gasteiger partial charge < -0.3 is 20.6 Å². The van der Waals surface area contributed by atoms with Gasteiger partial charge in [0.2, 0.25) is 5.91 Å². The Bertz CT molecular complexity index is 829. The van der Waals surface area contributed by atoms with E-state index >= 15 is 0 Å². The smallest absolute Gasteiger partial charge is 0.222 e. The van der Waals surface area contributed by atoms with Crippen LogP contribution in [0.3, 0.4) is 0 Å². The number of unbranched alkanes of at least 4 members (excludes halogenated alkanes) is 35. The fourth-order valence-corrected chi connectivity index (χ4v) is 7.89. The van der Waals surface area contributed by atoms with Crippen molar-refractivity contribution in [2.24, 2.45) is 0 Å². The Labute approximate surface area is 350 Å². The van der Waals surface area contributed by atoms with Crippen LogP contribution in [0, 0.1) is 0 Å². The van der Waals surface area contributed by atoms with Crippen molar-refractivity contribution >= 4 is 5.91 Å². The fraction of sp³-hybridized carbons (Fsp3) is 0.902. The lowest BCUT2D eigenvalue weighted by atomic mass is 10.0. The van der Waals surface area contributed by atoms with Crippen molar-refractivity contribution in [3.63, 3.8) is 0 Å². The molecule has 3 atom stereocenters. The first-order valence-electron chi connectivity index (χ1n) is 25.1. The van der Waals surface area contributed by atoms with E-state index in [9.17, 15) is 20.1 Å². The number of allylic oxidation sites excluding steroid dienone is 3. The molecule has 3 unspecified atom stereocenters. The average Bonchev–Trinajstić information content (AvgIpc) is 3.19. The molecule has 56 heavy (non-hydrogen) atoms. The summed E-state index contributed by atoms with van der Waals surface area (Å²) < 4.78 is 0.